The molecule has 2 aromatic carbocycles. The zero-order valence-corrected chi connectivity index (χ0v) is 15.9. The summed E-state index contributed by atoms with van der Waals surface area (Å²) >= 11 is 0. The fourth-order valence-electron chi connectivity index (χ4n) is 3.42. The highest BCUT2D eigenvalue weighted by atomic mass is 16.5. The number of fused-ring (bicyclic) bond motifs is 1. The third-order valence-electron chi connectivity index (χ3n) is 4.92. The van der Waals surface area contributed by atoms with Gasteiger partial charge in [0.1, 0.15) is 11.4 Å². The Morgan fingerprint density at radius 2 is 1.96 bits per heavy atom. The number of carbonyl (C=O) groups is 1. The number of rotatable bonds is 6. The van der Waals surface area contributed by atoms with Gasteiger partial charge in [0.25, 0.3) is 5.91 Å². The average molecular weight is 374 g/mol. The van der Waals surface area contributed by atoms with Crippen LogP contribution >= 0.6 is 0 Å². The van der Waals surface area contributed by atoms with E-state index in [1.165, 1.54) is 0 Å². The molecule has 1 atom stereocenters. The van der Waals surface area contributed by atoms with E-state index in [1.54, 1.807) is 13.3 Å². The van der Waals surface area contributed by atoms with Gasteiger partial charge in [0.15, 0.2) is 0 Å². The van der Waals surface area contributed by atoms with E-state index in [4.69, 9.17) is 4.74 Å². The van der Waals surface area contributed by atoms with E-state index in [2.05, 4.69) is 10.4 Å². The molecule has 0 bridgehead atoms. The number of hydrogen-bond acceptors (Lipinski definition) is 3. The van der Waals surface area contributed by atoms with E-state index in [0.29, 0.717) is 12.2 Å². The minimum atomic E-state index is -0.193. The van der Waals surface area contributed by atoms with Crippen molar-refractivity contribution in [3.05, 3.63) is 84.3 Å². The van der Waals surface area contributed by atoms with E-state index in [0.717, 1.165) is 22.2 Å². The van der Waals surface area contributed by atoms with Gasteiger partial charge in [-0.05, 0) is 35.9 Å². The van der Waals surface area contributed by atoms with Gasteiger partial charge in [0.05, 0.1) is 19.7 Å². The molecule has 0 spiro atoms. The maximum atomic E-state index is 13.1. The fourth-order valence-corrected chi connectivity index (χ4v) is 3.42. The Bertz CT molecular complexity index is 1080. The molecule has 4 aromatic rings. The third-order valence-corrected chi connectivity index (χ3v) is 4.92. The van der Waals surface area contributed by atoms with Gasteiger partial charge in [0.2, 0.25) is 0 Å². The number of aromatic nitrogens is 3. The number of ether oxygens (including phenoxy) is 1. The van der Waals surface area contributed by atoms with Gasteiger partial charge < -0.3 is 14.6 Å². The van der Waals surface area contributed by atoms with Crippen LogP contribution in [0.25, 0.3) is 10.9 Å². The fraction of sp³-hybridized carbons (Fsp3) is 0.182. The second-order valence-electron chi connectivity index (χ2n) is 6.68. The molecule has 0 radical (unpaired) electrons. The van der Waals surface area contributed by atoms with Gasteiger partial charge in [-0.25, -0.2) is 0 Å². The van der Waals surface area contributed by atoms with Crippen molar-refractivity contribution in [3.63, 3.8) is 0 Å². The van der Waals surface area contributed by atoms with Crippen molar-refractivity contribution in [2.24, 2.45) is 7.05 Å². The molecule has 142 valence electrons. The number of methoxy groups -OCH3 is 1. The summed E-state index contributed by atoms with van der Waals surface area (Å²) in [6.07, 6.45) is 3.63. The van der Waals surface area contributed by atoms with Crippen LogP contribution in [0.3, 0.4) is 0 Å². The van der Waals surface area contributed by atoms with Gasteiger partial charge in [0, 0.05) is 30.3 Å². The molecule has 28 heavy (non-hydrogen) atoms. The lowest BCUT2D eigenvalue weighted by atomic mass is 10.1. The van der Waals surface area contributed by atoms with Crippen molar-refractivity contribution in [2.75, 3.05) is 7.11 Å². The van der Waals surface area contributed by atoms with Gasteiger partial charge in [-0.1, -0.05) is 30.3 Å². The predicted octanol–water partition coefficient (Wildman–Crippen LogP) is 3.55. The molecule has 0 aliphatic carbocycles. The summed E-state index contributed by atoms with van der Waals surface area (Å²) in [4.78, 5) is 13.1. The van der Waals surface area contributed by atoms with Crippen LogP contribution < -0.4 is 10.1 Å². The molecular weight excluding hydrogens is 352 g/mol. The lowest BCUT2D eigenvalue weighted by molar-refractivity contribution is 0.0924. The van der Waals surface area contributed by atoms with Crippen molar-refractivity contribution in [2.45, 2.75) is 12.6 Å². The highest BCUT2D eigenvalue weighted by Crippen LogP contribution is 2.24. The average Bonchev–Trinajstić information content (AvgIpc) is 3.35. The van der Waals surface area contributed by atoms with Crippen LogP contribution in [0, 0.1) is 0 Å². The highest BCUT2D eigenvalue weighted by molar-refractivity contribution is 5.99. The summed E-state index contributed by atoms with van der Waals surface area (Å²) in [5, 5.41) is 8.41. The Hall–Kier alpha value is -3.54. The predicted molar refractivity (Wildman–Crippen MR) is 108 cm³/mol. The van der Waals surface area contributed by atoms with Crippen molar-refractivity contribution >= 4 is 16.8 Å². The SMILES string of the molecule is COc1ccc2c(c1)cc(C(=O)N[C@H](Cn1cccn1)c1ccccc1)n2C. The van der Waals surface area contributed by atoms with E-state index < -0.39 is 0 Å². The second-order valence-corrected chi connectivity index (χ2v) is 6.68. The molecule has 1 amide bonds. The van der Waals surface area contributed by atoms with Crippen molar-refractivity contribution < 1.29 is 9.53 Å². The summed E-state index contributed by atoms with van der Waals surface area (Å²) in [5.41, 5.74) is 2.62. The van der Waals surface area contributed by atoms with Crippen LogP contribution in [-0.2, 0) is 13.6 Å². The lowest BCUT2D eigenvalue weighted by Gasteiger charge is -2.19. The summed E-state index contributed by atoms with van der Waals surface area (Å²) in [6.45, 7) is 0.556. The molecule has 0 saturated carbocycles. The Kier molecular flexibility index (Phi) is 4.85. The Labute approximate surface area is 163 Å². The zero-order chi connectivity index (χ0) is 19.5. The molecule has 2 aromatic heterocycles. The maximum absolute atomic E-state index is 13.1. The van der Waals surface area contributed by atoms with Gasteiger partial charge in [-0.15, -0.1) is 0 Å². The second kappa shape index (κ2) is 7.60. The monoisotopic (exact) mass is 374 g/mol. The first-order valence-corrected chi connectivity index (χ1v) is 9.12. The minimum absolute atomic E-state index is 0.126. The lowest BCUT2D eigenvalue weighted by Crippen LogP contribution is -2.32. The van der Waals surface area contributed by atoms with Crippen LogP contribution in [0.2, 0.25) is 0 Å². The first-order valence-electron chi connectivity index (χ1n) is 9.12. The number of carbonyl (C=O) groups excluding carboxylic acids is 1. The first kappa shape index (κ1) is 17.9. The van der Waals surface area contributed by atoms with E-state index >= 15 is 0 Å². The van der Waals surface area contributed by atoms with Gasteiger partial charge >= 0.3 is 0 Å². The molecule has 0 unspecified atom stereocenters. The van der Waals surface area contributed by atoms with Gasteiger partial charge in [-0.3, -0.25) is 9.48 Å². The topological polar surface area (TPSA) is 61.1 Å². The number of nitrogens with zero attached hydrogens (tertiary/aromatic N) is 3. The molecule has 1 N–H and O–H groups in total. The molecule has 2 heterocycles. The largest absolute Gasteiger partial charge is 0.497 e. The van der Waals surface area contributed by atoms with Crippen LogP contribution in [0.5, 0.6) is 5.75 Å². The molecule has 0 aliphatic rings. The number of hydrogen-bond donors (Lipinski definition) is 1. The Morgan fingerprint density at radius 1 is 1.14 bits per heavy atom. The Balaban J connectivity index is 1.64. The minimum Gasteiger partial charge on any atom is -0.497 e. The number of amides is 1. The molecule has 6 heteroatoms. The Morgan fingerprint density at radius 3 is 2.68 bits per heavy atom. The third kappa shape index (κ3) is 3.49. The van der Waals surface area contributed by atoms with E-state index in [9.17, 15) is 4.79 Å². The summed E-state index contributed by atoms with van der Waals surface area (Å²) < 4.78 is 9.02. The van der Waals surface area contributed by atoms with Crippen LogP contribution in [0.1, 0.15) is 22.1 Å². The summed E-state index contributed by atoms with van der Waals surface area (Å²) in [6, 6.07) is 19.3. The molecule has 6 nitrogen and oxygen atoms in total. The normalized spacial score (nSPS) is 12.1. The molecule has 0 aliphatic heterocycles. The molecule has 0 fully saturated rings. The molecule has 0 saturated heterocycles. The number of benzene rings is 2. The molecular formula is C22H22N4O2. The van der Waals surface area contributed by atoms with E-state index in [-0.39, 0.29) is 11.9 Å². The summed E-state index contributed by atoms with van der Waals surface area (Å²) in [5.74, 6) is 0.643. The van der Waals surface area contributed by atoms with Crippen LogP contribution in [-0.4, -0.2) is 27.4 Å². The standard InChI is InChI=1S/C22H22N4O2/c1-25-20-10-9-18(28-2)13-17(20)14-21(25)22(27)24-19(15-26-12-6-11-23-26)16-7-4-3-5-8-16/h3-14,19H,15H2,1-2H3,(H,24,27)/t19-/m1/s1. The van der Waals surface area contributed by atoms with Crippen LogP contribution in [0.15, 0.2) is 73.1 Å². The highest BCUT2D eigenvalue weighted by Gasteiger charge is 2.20. The quantitative estimate of drug-likeness (QED) is 0.561. The van der Waals surface area contributed by atoms with E-state index in [1.807, 2.05) is 83.2 Å². The molecule has 4 rings (SSSR count). The zero-order valence-electron chi connectivity index (χ0n) is 15.9. The van der Waals surface area contributed by atoms with Crippen molar-refractivity contribution in [1.82, 2.24) is 19.7 Å². The smallest absolute Gasteiger partial charge is 0.268 e. The number of nitrogens with one attached hydrogen (secondary N) is 1. The van der Waals surface area contributed by atoms with Gasteiger partial charge in [-0.2, -0.15) is 5.10 Å². The first-order chi connectivity index (χ1) is 13.7. The summed E-state index contributed by atoms with van der Waals surface area (Å²) in [7, 11) is 3.53. The maximum Gasteiger partial charge on any atom is 0.268 e. The number of aryl methyl sites for hydroxylation is 1. The van der Waals surface area contributed by atoms with Crippen molar-refractivity contribution in [3.8, 4) is 5.75 Å². The van der Waals surface area contributed by atoms with Crippen molar-refractivity contribution in [1.29, 1.82) is 0 Å². The van der Waals surface area contributed by atoms with Crippen LogP contribution in [0.4, 0.5) is 0 Å².